The van der Waals surface area contributed by atoms with Gasteiger partial charge in [0.2, 0.25) is 11.0 Å². The SMILES string of the molecule is C=CCSc1nnc(N2C(N)=C(C#N)[C@@]3(C(=O)Nc4ccc(F)cc43)C3=C2CC(C)(C)CC3=O)s1. The predicted molar refractivity (Wildman–Crippen MR) is 132 cm³/mol. The molecule has 1 atom stereocenters. The number of ketones is 1. The lowest BCUT2D eigenvalue weighted by molar-refractivity contribution is -0.123. The van der Waals surface area contributed by atoms with E-state index in [1.165, 1.54) is 41.3 Å². The van der Waals surface area contributed by atoms with E-state index in [4.69, 9.17) is 5.73 Å². The van der Waals surface area contributed by atoms with Crippen molar-refractivity contribution >= 4 is 45.6 Å². The highest BCUT2D eigenvalue weighted by Gasteiger charge is 2.61. The van der Waals surface area contributed by atoms with Crippen LogP contribution in [0.2, 0.25) is 0 Å². The Balaban J connectivity index is 1.82. The Labute approximate surface area is 209 Å². The number of Topliss-reactive ketones (excluding diaryl/α,β-unsaturated/α-hetero) is 1. The number of thioether (sulfide) groups is 1. The quantitative estimate of drug-likeness (QED) is 0.469. The third-order valence-electron chi connectivity index (χ3n) is 6.37. The van der Waals surface area contributed by atoms with Gasteiger partial charge in [0.05, 0.1) is 5.57 Å². The number of anilines is 2. The summed E-state index contributed by atoms with van der Waals surface area (Å²) < 4.78 is 15.1. The molecule has 5 rings (SSSR count). The molecular formula is C24H21FN6O2S2. The Morgan fingerprint density at radius 2 is 2.14 bits per heavy atom. The fourth-order valence-corrected chi connectivity index (χ4v) is 6.73. The van der Waals surface area contributed by atoms with Crippen LogP contribution in [0.15, 0.2) is 57.9 Å². The number of hydrogen-bond donors (Lipinski definition) is 2. The minimum Gasteiger partial charge on any atom is -0.384 e. The number of fused-ring (bicyclic) bond motifs is 3. The van der Waals surface area contributed by atoms with Gasteiger partial charge in [-0.25, -0.2) is 4.39 Å². The summed E-state index contributed by atoms with van der Waals surface area (Å²) >= 11 is 2.71. The van der Waals surface area contributed by atoms with Crippen LogP contribution in [-0.2, 0) is 15.0 Å². The molecule has 2 aromatic rings. The fraction of sp³-hybridized carbons (Fsp3) is 0.292. The number of hydrogen-bond acceptors (Lipinski definition) is 9. The standard InChI is InChI=1S/C24H21FN6O2S2/c1-4-7-34-22-30-29-21(35-22)31-16-9-23(2,3)10-17(32)18(16)24(14(11-26)19(31)27)13-8-12(25)5-6-15(13)28-20(24)33/h4-6,8H,1,7,9-10,27H2,2-3H3,(H,28,33)/t24-/m1/s1. The molecule has 0 unspecified atom stereocenters. The van der Waals surface area contributed by atoms with Crippen LogP contribution >= 0.6 is 23.1 Å². The number of benzene rings is 1. The summed E-state index contributed by atoms with van der Waals surface area (Å²) in [5, 5.41) is 21.9. The van der Waals surface area contributed by atoms with Gasteiger partial charge in [-0.2, -0.15) is 5.26 Å². The molecular weight excluding hydrogens is 487 g/mol. The van der Waals surface area contributed by atoms with Gasteiger partial charge in [0.1, 0.15) is 23.1 Å². The Kier molecular flexibility index (Phi) is 5.34. The van der Waals surface area contributed by atoms with Gasteiger partial charge < -0.3 is 11.1 Å². The van der Waals surface area contributed by atoms with E-state index >= 15 is 0 Å². The molecule has 3 N–H and O–H groups in total. The zero-order chi connectivity index (χ0) is 25.1. The van der Waals surface area contributed by atoms with Crippen molar-refractivity contribution in [1.82, 2.24) is 10.2 Å². The van der Waals surface area contributed by atoms with Crippen LogP contribution in [0, 0.1) is 22.6 Å². The largest absolute Gasteiger partial charge is 0.384 e. The summed E-state index contributed by atoms with van der Waals surface area (Å²) in [7, 11) is 0. The molecule has 8 nitrogen and oxygen atoms in total. The van der Waals surface area contributed by atoms with E-state index in [1.54, 1.807) is 11.0 Å². The summed E-state index contributed by atoms with van der Waals surface area (Å²) in [5.74, 6) is -0.872. The number of halogens is 1. The number of carbonyl (C=O) groups excluding carboxylic acids is 2. The molecule has 0 radical (unpaired) electrons. The van der Waals surface area contributed by atoms with Gasteiger partial charge in [0.25, 0.3) is 0 Å². The molecule has 1 aromatic heterocycles. The molecule has 178 valence electrons. The van der Waals surface area contributed by atoms with E-state index < -0.39 is 22.6 Å². The average molecular weight is 509 g/mol. The van der Waals surface area contributed by atoms with Crippen LogP contribution < -0.4 is 16.0 Å². The van der Waals surface area contributed by atoms with Gasteiger partial charge in [0.15, 0.2) is 10.1 Å². The zero-order valence-electron chi connectivity index (χ0n) is 19.0. The third-order valence-corrected chi connectivity index (χ3v) is 8.41. The zero-order valence-corrected chi connectivity index (χ0v) is 20.6. The van der Waals surface area contributed by atoms with Crippen molar-refractivity contribution in [2.24, 2.45) is 11.1 Å². The maximum absolute atomic E-state index is 14.4. The summed E-state index contributed by atoms with van der Waals surface area (Å²) in [4.78, 5) is 29.0. The second-order valence-electron chi connectivity index (χ2n) is 9.31. The smallest absolute Gasteiger partial charge is 0.245 e. The first kappa shape index (κ1) is 23.3. The van der Waals surface area contributed by atoms with Gasteiger partial charge in [0, 0.05) is 34.7 Å². The van der Waals surface area contributed by atoms with E-state index in [1.807, 2.05) is 13.8 Å². The average Bonchev–Trinajstić information content (AvgIpc) is 3.35. The number of nitrogens with two attached hydrogens (primary N) is 1. The van der Waals surface area contributed by atoms with Crippen LogP contribution in [0.4, 0.5) is 15.2 Å². The number of carbonyl (C=O) groups is 2. The van der Waals surface area contributed by atoms with Crippen LogP contribution in [0.3, 0.4) is 0 Å². The molecule has 11 heteroatoms. The molecule has 3 heterocycles. The molecule has 3 aliphatic rings. The van der Waals surface area contributed by atoms with Crippen molar-refractivity contribution in [3.63, 3.8) is 0 Å². The molecule has 1 aliphatic carbocycles. The normalized spacial score (nSPS) is 22.7. The lowest BCUT2D eigenvalue weighted by Crippen LogP contribution is -2.52. The lowest BCUT2D eigenvalue weighted by Gasteiger charge is -2.45. The number of aromatic nitrogens is 2. The summed E-state index contributed by atoms with van der Waals surface area (Å²) in [6, 6.07) is 5.92. The van der Waals surface area contributed by atoms with Gasteiger partial charge in [-0.1, -0.05) is 43.0 Å². The van der Waals surface area contributed by atoms with Crippen molar-refractivity contribution in [2.45, 2.75) is 36.4 Å². The molecule has 1 aromatic carbocycles. The van der Waals surface area contributed by atoms with Crippen molar-refractivity contribution in [1.29, 1.82) is 5.26 Å². The van der Waals surface area contributed by atoms with E-state index in [9.17, 15) is 19.2 Å². The van der Waals surface area contributed by atoms with Gasteiger partial charge in [-0.3, -0.25) is 14.5 Å². The monoisotopic (exact) mass is 508 g/mol. The van der Waals surface area contributed by atoms with E-state index in [-0.39, 0.29) is 34.7 Å². The highest BCUT2D eigenvalue weighted by Crippen LogP contribution is 2.57. The lowest BCUT2D eigenvalue weighted by atomic mass is 9.61. The van der Waals surface area contributed by atoms with Crippen LogP contribution in [0.25, 0.3) is 0 Å². The second-order valence-corrected chi connectivity index (χ2v) is 11.5. The maximum Gasteiger partial charge on any atom is 0.245 e. The minimum atomic E-state index is -1.83. The van der Waals surface area contributed by atoms with Gasteiger partial charge in [-0.15, -0.1) is 16.8 Å². The van der Waals surface area contributed by atoms with Gasteiger partial charge >= 0.3 is 0 Å². The molecule has 0 bridgehead atoms. The number of amides is 1. The molecule has 2 aliphatic heterocycles. The van der Waals surface area contributed by atoms with Crippen molar-refractivity contribution < 1.29 is 14.0 Å². The first-order chi connectivity index (χ1) is 16.6. The van der Waals surface area contributed by atoms with Crippen LogP contribution in [-0.4, -0.2) is 27.6 Å². The van der Waals surface area contributed by atoms with Crippen LogP contribution in [0.1, 0.15) is 32.3 Å². The molecule has 1 spiro atoms. The highest BCUT2D eigenvalue weighted by atomic mass is 32.2. The third kappa shape index (κ3) is 3.31. The topological polar surface area (TPSA) is 125 Å². The predicted octanol–water partition coefficient (Wildman–Crippen LogP) is 4.00. The summed E-state index contributed by atoms with van der Waals surface area (Å²) in [5.41, 5.74) is 5.37. The van der Waals surface area contributed by atoms with Crippen molar-refractivity contribution in [2.75, 3.05) is 16.0 Å². The maximum atomic E-state index is 14.4. The Morgan fingerprint density at radius 3 is 2.86 bits per heavy atom. The molecule has 0 saturated carbocycles. The fourth-order valence-electron chi connectivity index (χ4n) is 5.09. The molecule has 1 amide bonds. The summed E-state index contributed by atoms with van der Waals surface area (Å²) in [6.45, 7) is 7.61. The van der Waals surface area contributed by atoms with Crippen molar-refractivity contribution in [3.05, 3.63) is 64.9 Å². The van der Waals surface area contributed by atoms with Crippen molar-refractivity contribution in [3.8, 4) is 6.07 Å². The molecule has 0 saturated heterocycles. The Hall–Kier alpha value is -3.49. The number of rotatable bonds is 4. The van der Waals surface area contributed by atoms with E-state index in [0.29, 0.717) is 33.0 Å². The Morgan fingerprint density at radius 1 is 1.37 bits per heavy atom. The first-order valence-corrected chi connectivity index (χ1v) is 12.6. The molecule has 35 heavy (non-hydrogen) atoms. The first-order valence-electron chi connectivity index (χ1n) is 10.8. The minimum absolute atomic E-state index is 0.0274. The Bertz CT molecular complexity index is 1420. The number of allylic oxidation sites excluding steroid dienone is 1. The number of nitrogens with zero attached hydrogens (tertiary/aromatic N) is 4. The van der Waals surface area contributed by atoms with E-state index in [0.717, 1.165) is 0 Å². The van der Waals surface area contributed by atoms with Crippen LogP contribution in [0.5, 0.6) is 0 Å². The number of nitriles is 1. The van der Waals surface area contributed by atoms with E-state index in [2.05, 4.69) is 28.2 Å². The van der Waals surface area contributed by atoms with Gasteiger partial charge in [-0.05, 0) is 30.0 Å². The molecule has 0 fully saturated rings. The summed E-state index contributed by atoms with van der Waals surface area (Å²) in [6.07, 6.45) is 2.30. The number of nitrogens with one attached hydrogen (secondary N) is 1. The highest BCUT2D eigenvalue weighted by molar-refractivity contribution is 8.01. The second kappa shape index (κ2) is 8.03.